The van der Waals surface area contributed by atoms with Crippen molar-refractivity contribution in [2.24, 2.45) is 5.73 Å². The van der Waals surface area contributed by atoms with E-state index in [2.05, 4.69) is 0 Å². The molecular weight excluding hydrogens is 269 g/mol. The Balaban J connectivity index is 1.99. The predicted octanol–water partition coefficient (Wildman–Crippen LogP) is 3.82. The van der Waals surface area contributed by atoms with Crippen molar-refractivity contribution in [2.45, 2.75) is 26.0 Å². The second-order valence-corrected chi connectivity index (χ2v) is 4.83. The van der Waals surface area contributed by atoms with Crippen LogP contribution in [0.5, 0.6) is 11.5 Å². The van der Waals surface area contributed by atoms with Crippen LogP contribution in [0, 0.1) is 5.82 Å². The summed E-state index contributed by atoms with van der Waals surface area (Å²) in [5.74, 6) is 0.852. The fraction of sp³-hybridized carbons (Fsp3) is 0.294. The van der Waals surface area contributed by atoms with Gasteiger partial charge in [0, 0.05) is 17.7 Å². The predicted molar refractivity (Wildman–Crippen MR) is 80.9 cm³/mol. The lowest BCUT2D eigenvalue weighted by atomic mass is 10.1. The summed E-state index contributed by atoms with van der Waals surface area (Å²) in [6.07, 6.45) is 0.886. The van der Waals surface area contributed by atoms with Gasteiger partial charge >= 0.3 is 0 Å². The highest BCUT2D eigenvalue weighted by Crippen LogP contribution is 2.21. The minimum Gasteiger partial charge on any atom is -0.497 e. The minimum atomic E-state index is -0.334. The molecule has 0 spiro atoms. The van der Waals surface area contributed by atoms with Gasteiger partial charge in [0.05, 0.1) is 7.11 Å². The fourth-order valence-corrected chi connectivity index (χ4v) is 1.98. The molecule has 0 fully saturated rings. The van der Waals surface area contributed by atoms with Crippen LogP contribution in [0.15, 0.2) is 42.5 Å². The van der Waals surface area contributed by atoms with E-state index in [-0.39, 0.29) is 18.5 Å². The van der Waals surface area contributed by atoms with Crippen molar-refractivity contribution in [1.29, 1.82) is 0 Å². The molecule has 0 aliphatic rings. The summed E-state index contributed by atoms with van der Waals surface area (Å²) >= 11 is 0. The average Bonchev–Trinajstić information content (AvgIpc) is 2.53. The summed E-state index contributed by atoms with van der Waals surface area (Å²) in [5, 5.41) is 0. The zero-order valence-electron chi connectivity index (χ0n) is 12.3. The molecule has 0 saturated heterocycles. The van der Waals surface area contributed by atoms with Gasteiger partial charge in [-0.15, -0.1) is 0 Å². The molecule has 0 aliphatic heterocycles. The van der Waals surface area contributed by atoms with E-state index in [9.17, 15) is 4.39 Å². The smallest absolute Gasteiger partial charge is 0.133 e. The van der Waals surface area contributed by atoms with E-state index in [0.717, 1.165) is 12.0 Å². The van der Waals surface area contributed by atoms with Crippen LogP contribution >= 0.6 is 0 Å². The van der Waals surface area contributed by atoms with Crippen LogP contribution in [0.2, 0.25) is 0 Å². The Labute approximate surface area is 124 Å². The van der Waals surface area contributed by atoms with Gasteiger partial charge in [0.15, 0.2) is 0 Å². The maximum absolute atomic E-state index is 13.8. The molecule has 0 amide bonds. The number of benzene rings is 2. The SMILES string of the molecule is CC[C@H](N)c1ccc(OCc2ccc(OC)cc2F)cc1. The van der Waals surface area contributed by atoms with Crippen molar-refractivity contribution in [3.05, 3.63) is 59.4 Å². The second kappa shape index (κ2) is 7.09. The lowest BCUT2D eigenvalue weighted by Crippen LogP contribution is -2.08. The van der Waals surface area contributed by atoms with Gasteiger partial charge in [0.1, 0.15) is 23.9 Å². The van der Waals surface area contributed by atoms with Crippen molar-refractivity contribution in [2.75, 3.05) is 7.11 Å². The first-order chi connectivity index (χ1) is 10.1. The first-order valence-electron chi connectivity index (χ1n) is 6.94. The van der Waals surface area contributed by atoms with Crippen molar-refractivity contribution in [3.63, 3.8) is 0 Å². The minimum absolute atomic E-state index is 0.0399. The summed E-state index contributed by atoms with van der Waals surface area (Å²) in [4.78, 5) is 0. The van der Waals surface area contributed by atoms with Crippen molar-refractivity contribution >= 4 is 0 Å². The van der Waals surface area contributed by atoms with E-state index in [1.54, 1.807) is 12.1 Å². The van der Waals surface area contributed by atoms with E-state index in [0.29, 0.717) is 17.1 Å². The molecule has 0 bridgehead atoms. The highest BCUT2D eigenvalue weighted by molar-refractivity contribution is 5.31. The van der Waals surface area contributed by atoms with Crippen LogP contribution in [0.25, 0.3) is 0 Å². The maximum Gasteiger partial charge on any atom is 0.133 e. The van der Waals surface area contributed by atoms with Gasteiger partial charge < -0.3 is 15.2 Å². The van der Waals surface area contributed by atoms with Gasteiger partial charge in [-0.25, -0.2) is 4.39 Å². The largest absolute Gasteiger partial charge is 0.497 e. The molecule has 0 aliphatic carbocycles. The number of hydrogen-bond donors (Lipinski definition) is 1. The molecule has 112 valence electrons. The lowest BCUT2D eigenvalue weighted by molar-refractivity contribution is 0.299. The van der Waals surface area contributed by atoms with Gasteiger partial charge in [-0.3, -0.25) is 0 Å². The monoisotopic (exact) mass is 289 g/mol. The number of hydrogen-bond acceptors (Lipinski definition) is 3. The molecule has 2 aromatic rings. The summed E-state index contributed by atoms with van der Waals surface area (Å²) in [6.45, 7) is 2.22. The third-order valence-electron chi connectivity index (χ3n) is 3.40. The molecule has 21 heavy (non-hydrogen) atoms. The quantitative estimate of drug-likeness (QED) is 0.879. The molecule has 0 aromatic heterocycles. The summed E-state index contributed by atoms with van der Waals surface area (Å²) < 4.78 is 24.3. The van der Waals surface area contributed by atoms with Gasteiger partial charge in [-0.1, -0.05) is 19.1 Å². The maximum atomic E-state index is 13.8. The Kier molecular flexibility index (Phi) is 5.17. The number of nitrogens with two attached hydrogens (primary N) is 1. The third-order valence-corrected chi connectivity index (χ3v) is 3.40. The van der Waals surface area contributed by atoms with Gasteiger partial charge in [0.2, 0.25) is 0 Å². The van der Waals surface area contributed by atoms with E-state index >= 15 is 0 Å². The molecule has 0 heterocycles. The molecule has 3 nitrogen and oxygen atoms in total. The Morgan fingerprint density at radius 2 is 1.76 bits per heavy atom. The molecular formula is C17H20FNO2. The van der Waals surface area contributed by atoms with Crippen LogP contribution in [0.3, 0.4) is 0 Å². The van der Waals surface area contributed by atoms with Crippen LogP contribution < -0.4 is 15.2 Å². The van der Waals surface area contributed by atoms with Gasteiger partial charge in [-0.2, -0.15) is 0 Å². The molecule has 2 N–H and O–H groups in total. The molecule has 0 unspecified atom stereocenters. The average molecular weight is 289 g/mol. The Morgan fingerprint density at radius 1 is 1.10 bits per heavy atom. The van der Waals surface area contributed by atoms with Crippen molar-refractivity contribution in [1.82, 2.24) is 0 Å². The number of rotatable bonds is 6. The first kappa shape index (κ1) is 15.3. The zero-order chi connectivity index (χ0) is 15.2. The van der Waals surface area contributed by atoms with Crippen molar-refractivity contribution < 1.29 is 13.9 Å². The fourth-order valence-electron chi connectivity index (χ4n) is 1.98. The van der Waals surface area contributed by atoms with Crippen LogP contribution in [0.4, 0.5) is 4.39 Å². The Hall–Kier alpha value is -2.07. The summed E-state index contributed by atoms with van der Waals surface area (Å²) in [6, 6.07) is 12.3. The van der Waals surface area contributed by atoms with Crippen molar-refractivity contribution in [3.8, 4) is 11.5 Å². The van der Waals surface area contributed by atoms with Crippen LogP contribution in [-0.2, 0) is 6.61 Å². The summed E-state index contributed by atoms with van der Waals surface area (Å²) in [5.41, 5.74) is 7.52. The number of methoxy groups -OCH3 is 1. The van der Waals surface area contributed by atoms with E-state index in [4.69, 9.17) is 15.2 Å². The zero-order valence-corrected chi connectivity index (χ0v) is 12.3. The van der Waals surface area contributed by atoms with Crippen LogP contribution in [0.1, 0.15) is 30.5 Å². The molecule has 2 rings (SSSR count). The molecule has 4 heteroatoms. The van der Waals surface area contributed by atoms with Crippen LogP contribution in [-0.4, -0.2) is 7.11 Å². The third kappa shape index (κ3) is 3.95. The molecule has 1 atom stereocenters. The highest BCUT2D eigenvalue weighted by Gasteiger charge is 2.06. The number of halogens is 1. The summed E-state index contributed by atoms with van der Waals surface area (Å²) in [7, 11) is 1.51. The normalized spacial score (nSPS) is 12.0. The number of ether oxygens (including phenoxy) is 2. The van der Waals surface area contributed by atoms with Gasteiger partial charge in [-0.05, 0) is 36.2 Å². The lowest BCUT2D eigenvalue weighted by Gasteiger charge is -2.11. The standard InChI is InChI=1S/C17H20FNO2/c1-3-17(19)12-4-7-14(8-5-12)21-11-13-6-9-15(20-2)10-16(13)18/h4-10,17H,3,11,19H2,1-2H3/t17-/m0/s1. The topological polar surface area (TPSA) is 44.5 Å². The van der Waals surface area contributed by atoms with E-state index in [1.165, 1.54) is 13.2 Å². The van der Waals surface area contributed by atoms with E-state index in [1.807, 2.05) is 31.2 Å². The van der Waals surface area contributed by atoms with E-state index < -0.39 is 0 Å². The van der Waals surface area contributed by atoms with Gasteiger partial charge in [0.25, 0.3) is 0 Å². The molecule has 0 radical (unpaired) electrons. The Bertz CT molecular complexity index is 584. The highest BCUT2D eigenvalue weighted by atomic mass is 19.1. The second-order valence-electron chi connectivity index (χ2n) is 4.83. The Morgan fingerprint density at radius 3 is 2.33 bits per heavy atom. The molecule has 2 aromatic carbocycles. The first-order valence-corrected chi connectivity index (χ1v) is 6.94. The molecule has 0 saturated carbocycles.